The third-order valence-electron chi connectivity index (χ3n) is 6.19. The lowest BCUT2D eigenvalue weighted by Gasteiger charge is -2.17. The van der Waals surface area contributed by atoms with Gasteiger partial charge in [-0.1, -0.05) is 24.9 Å². The Bertz CT molecular complexity index is 1380. The molecule has 0 radical (unpaired) electrons. The van der Waals surface area contributed by atoms with Gasteiger partial charge >= 0.3 is 0 Å². The van der Waals surface area contributed by atoms with Crippen molar-refractivity contribution in [3.05, 3.63) is 59.4 Å². The zero-order chi connectivity index (χ0) is 21.8. The number of hydrogen-bond donors (Lipinski definition) is 2. The molecule has 1 aromatic carbocycles. The zero-order valence-electron chi connectivity index (χ0n) is 16.7. The molecule has 5 rings (SSSR count). The summed E-state index contributed by atoms with van der Waals surface area (Å²) in [7, 11) is -3.81. The summed E-state index contributed by atoms with van der Waals surface area (Å²) in [5, 5.41) is -0.214. The molecule has 3 aromatic heterocycles. The Morgan fingerprint density at radius 2 is 2.10 bits per heavy atom. The van der Waals surface area contributed by atoms with Gasteiger partial charge in [0.1, 0.15) is 5.82 Å². The first-order valence-electron chi connectivity index (χ1n) is 10.1. The number of fused-ring (bicyclic) bond motifs is 3. The lowest BCUT2D eigenvalue weighted by molar-refractivity contribution is 0.457. The van der Waals surface area contributed by atoms with Crippen molar-refractivity contribution in [1.29, 1.82) is 0 Å². The van der Waals surface area contributed by atoms with E-state index in [9.17, 15) is 12.8 Å². The number of nitrogens with zero attached hydrogens (tertiary/aromatic N) is 3. The molecule has 4 aromatic rings. The normalized spacial score (nSPS) is 22.0. The highest BCUT2D eigenvalue weighted by Gasteiger charge is 2.38. The first kappa shape index (κ1) is 20.4. The van der Waals surface area contributed by atoms with E-state index >= 15 is 0 Å². The molecule has 0 bridgehead atoms. The fourth-order valence-electron chi connectivity index (χ4n) is 4.72. The van der Waals surface area contributed by atoms with Crippen LogP contribution in [0.4, 0.5) is 4.39 Å². The summed E-state index contributed by atoms with van der Waals surface area (Å²) >= 11 is 5.78. The Kier molecular flexibility index (Phi) is 4.99. The molecule has 10 heteroatoms. The van der Waals surface area contributed by atoms with Crippen LogP contribution in [0, 0.1) is 11.7 Å². The van der Waals surface area contributed by atoms with Gasteiger partial charge in [-0.25, -0.2) is 27.5 Å². The van der Waals surface area contributed by atoms with Gasteiger partial charge in [-0.05, 0) is 43.0 Å². The van der Waals surface area contributed by atoms with Gasteiger partial charge in [0.05, 0.1) is 21.6 Å². The number of hydrogen-bond acceptors (Lipinski definition) is 4. The molecule has 0 amide bonds. The van der Waals surface area contributed by atoms with Gasteiger partial charge in [0.2, 0.25) is 10.0 Å². The topological polar surface area (TPSA) is 92.2 Å². The average Bonchev–Trinajstić information content (AvgIpc) is 3.45. The predicted octanol–water partition coefficient (Wildman–Crippen LogP) is 4.25. The van der Waals surface area contributed by atoms with Crippen LogP contribution in [0.25, 0.3) is 16.8 Å². The number of H-pyrrole nitrogens is 1. The Balaban J connectivity index is 1.46. The second-order valence-electron chi connectivity index (χ2n) is 7.99. The maximum absolute atomic E-state index is 13.5. The van der Waals surface area contributed by atoms with Crippen molar-refractivity contribution >= 4 is 38.4 Å². The Hall–Kier alpha value is -2.49. The predicted molar refractivity (Wildman–Crippen MR) is 116 cm³/mol. The molecule has 2 N–H and O–H groups in total. The largest absolute Gasteiger partial charge is 0.345 e. The summed E-state index contributed by atoms with van der Waals surface area (Å²) < 4.78 is 44.1. The standard InChI is InChI=1S/C21H21ClFN5O2S/c1-2-12-7-13(27-31(29,30)14-3-4-17(23)16(22)9-14)8-15(12)19-10-25-20-11-26-21-18(28(19)20)5-6-24-21/h3-6,9-13,15,24,27H,2,7-8H2,1H3. The van der Waals surface area contributed by atoms with Crippen molar-refractivity contribution in [3.8, 4) is 0 Å². The summed E-state index contributed by atoms with van der Waals surface area (Å²) in [6.07, 6.45) is 7.72. The van der Waals surface area contributed by atoms with Crippen molar-refractivity contribution < 1.29 is 12.8 Å². The first-order valence-corrected chi connectivity index (χ1v) is 12.0. The maximum Gasteiger partial charge on any atom is 0.240 e. The number of benzene rings is 1. The summed E-state index contributed by atoms with van der Waals surface area (Å²) in [5.74, 6) is -0.206. The van der Waals surface area contributed by atoms with Gasteiger partial charge in [-0.2, -0.15) is 0 Å². The van der Waals surface area contributed by atoms with Crippen LogP contribution in [0.2, 0.25) is 5.02 Å². The second kappa shape index (κ2) is 7.58. The van der Waals surface area contributed by atoms with Crippen LogP contribution in [0.15, 0.2) is 47.8 Å². The van der Waals surface area contributed by atoms with Gasteiger partial charge in [-0.3, -0.25) is 4.40 Å². The maximum atomic E-state index is 13.5. The SMILES string of the molecule is CCC1CC(NS(=O)(=O)c2ccc(F)c(Cl)c2)CC1c1cnc2cnc3[nH]ccc3n12. The van der Waals surface area contributed by atoms with Crippen molar-refractivity contribution in [2.24, 2.45) is 5.92 Å². The van der Waals surface area contributed by atoms with Crippen molar-refractivity contribution in [3.63, 3.8) is 0 Å². The second-order valence-corrected chi connectivity index (χ2v) is 10.1. The van der Waals surface area contributed by atoms with Gasteiger partial charge in [0.25, 0.3) is 0 Å². The molecule has 1 saturated carbocycles. The van der Waals surface area contributed by atoms with Crippen molar-refractivity contribution in [1.82, 2.24) is 24.1 Å². The highest BCUT2D eigenvalue weighted by molar-refractivity contribution is 7.89. The monoisotopic (exact) mass is 461 g/mol. The fourth-order valence-corrected chi connectivity index (χ4v) is 6.25. The molecule has 0 spiro atoms. The molecule has 1 aliphatic rings. The minimum Gasteiger partial charge on any atom is -0.345 e. The minimum atomic E-state index is -3.81. The van der Waals surface area contributed by atoms with Crippen LogP contribution in [0.5, 0.6) is 0 Å². The van der Waals surface area contributed by atoms with E-state index < -0.39 is 15.8 Å². The van der Waals surface area contributed by atoms with Crippen LogP contribution in [-0.2, 0) is 10.0 Å². The third-order valence-corrected chi connectivity index (χ3v) is 8.00. The first-order chi connectivity index (χ1) is 14.9. The van der Waals surface area contributed by atoms with Gasteiger partial charge < -0.3 is 4.98 Å². The molecule has 3 unspecified atom stereocenters. The van der Waals surface area contributed by atoms with E-state index in [1.165, 1.54) is 6.07 Å². The Morgan fingerprint density at radius 3 is 2.87 bits per heavy atom. The molecule has 7 nitrogen and oxygen atoms in total. The summed E-state index contributed by atoms with van der Waals surface area (Å²) in [6.45, 7) is 2.12. The van der Waals surface area contributed by atoms with Gasteiger partial charge in [0, 0.05) is 30.0 Å². The Morgan fingerprint density at radius 1 is 1.26 bits per heavy atom. The van der Waals surface area contributed by atoms with Gasteiger partial charge in [-0.15, -0.1) is 0 Å². The molecule has 3 atom stereocenters. The molecule has 1 aliphatic carbocycles. The van der Waals surface area contributed by atoms with Crippen LogP contribution in [0.3, 0.4) is 0 Å². The van der Waals surface area contributed by atoms with Crippen molar-refractivity contribution in [2.45, 2.75) is 43.0 Å². The van der Waals surface area contributed by atoms with Crippen LogP contribution in [0.1, 0.15) is 37.8 Å². The third kappa shape index (κ3) is 3.50. The number of rotatable bonds is 5. The van der Waals surface area contributed by atoms with Crippen LogP contribution < -0.4 is 4.72 Å². The molecule has 31 heavy (non-hydrogen) atoms. The fraction of sp³-hybridized carbons (Fsp3) is 0.333. The zero-order valence-corrected chi connectivity index (χ0v) is 18.3. The van der Waals surface area contributed by atoms with Gasteiger partial charge in [0.15, 0.2) is 11.3 Å². The van der Waals surface area contributed by atoms with Crippen molar-refractivity contribution in [2.75, 3.05) is 0 Å². The molecule has 3 heterocycles. The van der Waals surface area contributed by atoms with E-state index in [2.05, 4.69) is 31.0 Å². The summed E-state index contributed by atoms with van der Waals surface area (Å²) in [5.41, 5.74) is 3.55. The summed E-state index contributed by atoms with van der Waals surface area (Å²) in [6, 6.07) is 5.17. The van der Waals surface area contributed by atoms with E-state index in [-0.39, 0.29) is 21.9 Å². The Labute approximate surface area is 183 Å². The lowest BCUT2D eigenvalue weighted by Crippen LogP contribution is -2.33. The number of imidazole rings is 1. The summed E-state index contributed by atoms with van der Waals surface area (Å²) in [4.78, 5) is 12.0. The van der Waals surface area contributed by atoms with E-state index in [1.807, 2.05) is 18.5 Å². The molecular formula is C21H21ClFN5O2S. The molecule has 0 saturated heterocycles. The lowest BCUT2D eigenvalue weighted by atomic mass is 9.91. The highest BCUT2D eigenvalue weighted by Crippen LogP contribution is 2.42. The molecular weight excluding hydrogens is 441 g/mol. The van der Waals surface area contributed by atoms with E-state index in [0.717, 1.165) is 41.1 Å². The van der Waals surface area contributed by atoms with E-state index in [1.54, 1.807) is 6.20 Å². The number of nitrogens with one attached hydrogen (secondary N) is 2. The smallest absolute Gasteiger partial charge is 0.240 e. The number of halogens is 2. The number of aromatic amines is 1. The average molecular weight is 462 g/mol. The highest BCUT2D eigenvalue weighted by atomic mass is 35.5. The van der Waals surface area contributed by atoms with E-state index in [0.29, 0.717) is 18.8 Å². The minimum absolute atomic E-state index is 0.0368. The molecule has 0 aliphatic heterocycles. The number of sulfonamides is 1. The molecule has 162 valence electrons. The van der Waals surface area contributed by atoms with Crippen LogP contribution >= 0.6 is 11.6 Å². The quantitative estimate of drug-likeness (QED) is 0.464. The number of aromatic nitrogens is 4. The van der Waals surface area contributed by atoms with E-state index in [4.69, 9.17) is 11.6 Å². The molecule has 1 fully saturated rings. The van der Waals surface area contributed by atoms with Crippen LogP contribution in [-0.4, -0.2) is 33.8 Å².